The Morgan fingerprint density at radius 2 is 1.34 bits per heavy atom. The highest BCUT2D eigenvalue weighted by Crippen LogP contribution is 2.22. The van der Waals surface area contributed by atoms with Crippen molar-refractivity contribution in [3.05, 3.63) is 41.5 Å². The summed E-state index contributed by atoms with van der Waals surface area (Å²) in [6, 6.07) is 10.9. The molecule has 0 spiro atoms. The Hall–Kier alpha value is -1.44. The molecule has 0 saturated heterocycles. The van der Waals surface area contributed by atoms with Gasteiger partial charge in [-0.15, -0.1) is 0 Å². The van der Waals surface area contributed by atoms with Gasteiger partial charge in [0, 0.05) is 0 Å². The fraction of sp³-hybridized carbons (Fsp3) is 0.704. The quantitative estimate of drug-likeness (QED) is 0.174. The minimum Gasteiger partial charge on any atom is -0.194 e. The van der Waals surface area contributed by atoms with E-state index in [0.29, 0.717) is 0 Å². The minimum absolute atomic E-state index is 0.256. The fourth-order valence-electron chi connectivity index (χ4n) is 3.75. The van der Waals surface area contributed by atoms with Crippen LogP contribution in [0.1, 0.15) is 116 Å². The van der Waals surface area contributed by atoms with Crippen LogP contribution in [0.15, 0.2) is 46.1 Å². The minimum atomic E-state index is 0.256. The SMILES string of the molecule is CCCCCCCCN=NC(CCCCCCCC)C(=Cc1ccccc1)CC. The summed E-state index contributed by atoms with van der Waals surface area (Å²) in [5, 5.41) is 9.43. The summed E-state index contributed by atoms with van der Waals surface area (Å²) >= 11 is 0. The third-order valence-electron chi connectivity index (χ3n) is 5.65. The van der Waals surface area contributed by atoms with Crippen LogP contribution in [-0.2, 0) is 0 Å². The van der Waals surface area contributed by atoms with Crippen molar-refractivity contribution in [2.24, 2.45) is 10.2 Å². The molecule has 0 aromatic heterocycles. The van der Waals surface area contributed by atoms with Gasteiger partial charge in [0.2, 0.25) is 0 Å². The topological polar surface area (TPSA) is 24.7 Å². The molecule has 0 fully saturated rings. The molecule has 0 N–H and O–H groups in total. The van der Waals surface area contributed by atoms with Crippen molar-refractivity contribution >= 4 is 6.08 Å². The van der Waals surface area contributed by atoms with Crippen molar-refractivity contribution < 1.29 is 0 Å². The van der Waals surface area contributed by atoms with Crippen LogP contribution in [-0.4, -0.2) is 12.6 Å². The molecule has 0 saturated carbocycles. The average Bonchev–Trinajstić information content (AvgIpc) is 2.75. The van der Waals surface area contributed by atoms with Crippen LogP contribution >= 0.6 is 0 Å². The highest BCUT2D eigenvalue weighted by molar-refractivity contribution is 5.53. The maximum Gasteiger partial charge on any atom is 0.0920 e. The lowest BCUT2D eigenvalue weighted by atomic mass is 9.96. The maximum atomic E-state index is 4.82. The van der Waals surface area contributed by atoms with E-state index in [1.165, 1.54) is 88.2 Å². The van der Waals surface area contributed by atoms with Crippen molar-refractivity contribution in [2.75, 3.05) is 6.54 Å². The van der Waals surface area contributed by atoms with Gasteiger partial charge in [0.05, 0.1) is 12.6 Å². The predicted octanol–water partition coefficient (Wildman–Crippen LogP) is 9.41. The number of rotatable bonds is 18. The standard InChI is InChI=1S/C27H46N2/c1-4-7-9-11-13-18-22-27(29-28-23-19-14-12-10-8-5-2)26(6-3)24-25-20-16-15-17-21-25/h15-17,20-21,24,27H,4-14,18-19,22-23H2,1-3H3. The van der Waals surface area contributed by atoms with Crippen molar-refractivity contribution in [1.29, 1.82) is 0 Å². The Balaban J connectivity index is 2.57. The number of nitrogens with zero attached hydrogens (tertiary/aromatic N) is 2. The molecule has 0 heterocycles. The Bertz CT molecular complexity index is 533. The van der Waals surface area contributed by atoms with Gasteiger partial charge in [-0.25, -0.2) is 0 Å². The third-order valence-corrected chi connectivity index (χ3v) is 5.65. The average molecular weight is 399 g/mol. The summed E-state index contributed by atoms with van der Waals surface area (Å²) in [4.78, 5) is 0. The van der Waals surface area contributed by atoms with Gasteiger partial charge in [-0.3, -0.25) is 0 Å². The highest BCUT2D eigenvalue weighted by Gasteiger charge is 2.12. The molecule has 164 valence electrons. The second-order valence-electron chi connectivity index (χ2n) is 8.30. The first-order valence-corrected chi connectivity index (χ1v) is 12.4. The summed E-state index contributed by atoms with van der Waals surface area (Å²) in [7, 11) is 0. The zero-order valence-corrected chi connectivity index (χ0v) is 19.5. The molecule has 0 bridgehead atoms. The molecule has 0 radical (unpaired) electrons. The van der Waals surface area contributed by atoms with E-state index in [1.54, 1.807) is 0 Å². The highest BCUT2D eigenvalue weighted by atomic mass is 15.1. The smallest absolute Gasteiger partial charge is 0.0920 e. The normalized spacial score (nSPS) is 13.3. The molecule has 0 aliphatic carbocycles. The lowest BCUT2D eigenvalue weighted by Gasteiger charge is -2.15. The first-order valence-electron chi connectivity index (χ1n) is 12.4. The van der Waals surface area contributed by atoms with Gasteiger partial charge in [-0.2, -0.15) is 10.2 Å². The van der Waals surface area contributed by atoms with Crippen LogP contribution in [0.2, 0.25) is 0 Å². The van der Waals surface area contributed by atoms with Crippen molar-refractivity contribution in [3.63, 3.8) is 0 Å². The number of unbranched alkanes of at least 4 members (excludes halogenated alkanes) is 10. The Labute approximate surface area is 181 Å². The van der Waals surface area contributed by atoms with Crippen LogP contribution in [0.4, 0.5) is 0 Å². The van der Waals surface area contributed by atoms with Gasteiger partial charge in [0.15, 0.2) is 0 Å². The third kappa shape index (κ3) is 13.4. The van der Waals surface area contributed by atoms with E-state index in [4.69, 9.17) is 5.11 Å². The zero-order valence-electron chi connectivity index (χ0n) is 19.5. The van der Waals surface area contributed by atoms with Crippen LogP contribution < -0.4 is 0 Å². The van der Waals surface area contributed by atoms with Crippen LogP contribution in [0.25, 0.3) is 6.08 Å². The molecule has 1 aromatic carbocycles. The molecule has 1 unspecified atom stereocenters. The van der Waals surface area contributed by atoms with Gasteiger partial charge < -0.3 is 0 Å². The van der Waals surface area contributed by atoms with Crippen molar-refractivity contribution in [2.45, 2.75) is 117 Å². The van der Waals surface area contributed by atoms with E-state index < -0.39 is 0 Å². The molecule has 0 aliphatic rings. The van der Waals surface area contributed by atoms with Gasteiger partial charge in [-0.1, -0.05) is 128 Å². The van der Waals surface area contributed by atoms with E-state index in [2.05, 4.69) is 62.3 Å². The fourth-order valence-corrected chi connectivity index (χ4v) is 3.75. The first kappa shape index (κ1) is 25.6. The predicted molar refractivity (Wildman–Crippen MR) is 130 cm³/mol. The molecule has 0 aliphatic heterocycles. The van der Waals surface area contributed by atoms with E-state index in [0.717, 1.165) is 19.4 Å². The Morgan fingerprint density at radius 3 is 1.97 bits per heavy atom. The van der Waals surface area contributed by atoms with E-state index in [-0.39, 0.29) is 6.04 Å². The van der Waals surface area contributed by atoms with Crippen LogP contribution in [0.5, 0.6) is 0 Å². The van der Waals surface area contributed by atoms with Gasteiger partial charge >= 0.3 is 0 Å². The second-order valence-corrected chi connectivity index (χ2v) is 8.30. The number of benzene rings is 1. The van der Waals surface area contributed by atoms with Crippen molar-refractivity contribution in [1.82, 2.24) is 0 Å². The van der Waals surface area contributed by atoms with E-state index in [1.807, 2.05) is 0 Å². The maximum absolute atomic E-state index is 4.82. The molecular weight excluding hydrogens is 352 g/mol. The van der Waals surface area contributed by atoms with E-state index in [9.17, 15) is 0 Å². The summed E-state index contributed by atoms with van der Waals surface area (Å²) in [5.74, 6) is 0. The summed E-state index contributed by atoms with van der Waals surface area (Å²) in [6.45, 7) is 7.70. The monoisotopic (exact) mass is 398 g/mol. The lowest BCUT2D eigenvalue weighted by molar-refractivity contribution is 0.542. The molecule has 1 atom stereocenters. The first-order chi connectivity index (χ1) is 14.3. The zero-order chi connectivity index (χ0) is 21.0. The molecule has 29 heavy (non-hydrogen) atoms. The molecule has 0 amide bonds. The molecular formula is C27H46N2. The second kappa shape index (κ2) is 18.6. The molecule has 1 aromatic rings. The molecule has 2 heteroatoms. The number of hydrogen-bond acceptors (Lipinski definition) is 2. The van der Waals surface area contributed by atoms with Gasteiger partial charge in [0.1, 0.15) is 0 Å². The summed E-state index contributed by atoms with van der Waals surface area (Å²) in [6.07, 6.45) is 20.4. The number of hydrogen-bond donors (Lipinski definition) is 0. The largest absolute Gasteiger partial charge is 0.194 e. The molecule has 2 nitrogen and oxygen atoms in total. The Morgan fingerprint density at radius 1 is 0.759 bits per heavy atom. The molecule has 1 rings (SSSR count). The lowest BCUT2D eigenvalue weighted by Crippen LogP contribution is -2.08. The van der Waals surface area contributed by atoms with Gasteiger partial charge in [0.25, 0.3) is 0 Å². The summed E-state index contributed by atoms with van der Waals surface area (Å²) in [5.41, 5.74) is 2.71. The van der Waals surface area contributed by atoms with Crippen LogP contribution in [0, 0.1) is 0 Å². The van der Waals surface area contributed by atoms with Crippen LogP contribution in [0.3, 0.4) is 0 Å². The number of azo groups is 1. The van der Waals surface area contributed by atoms with E-state index >= 15 is 0 Å². The summed E-state index contributed by atoms with van der Waals surface area (Å²) < 4.78 is 0. The van der Waals surface area contributed by atoms with Crippen molar-refractivity contribution in [3.8, 4) is 0 Å². The van der Waals surface area contributed by atoms with Gasteiger partial charge in [-0.05, 0) is 30.4 Å². The Kier molecular flexibility index (Phi) is 16.4.